The highest BCUT2D eigenvalue weighted by atomic mass is 35.5. The molecule has 1 fully saturated rings. The fourth-order valence-electron chi connectivity index (χ4n) is 3.72. The molecule has 0 bridgehead atoms. The van der Waals surface area contributed by atoms with Crippen LogP contribution < -0.4 is 5.43 Å². The second-order valence-corrected chi connectivity index (χ2v) is 10.2. The lowest BCUT2D eigenvalue weighted by atomic mass is 10.1. The molecule has 1 aliphatic rings. The fraction of sp³-hybridized carbons (Fsp3) is 0.273. The first-order valence-electron chi connectivity index (χ1n) is 9.53. The highest BCUT2D eigenvalue weighted by Crippen LogP contribution is 2.25. The van der Waals surface area contributed by atoms with E-state index >= 15 is 0 Å². The summed E-state index contributed by atoms with van der Waals surface area (Å²) in [6, 6.07) is 12.9. The zero-order valence-corrected chi connectivity index (χ0v) is 17.9. The predicted molar refractivity (Wildman–Crippen MR) is 116 cm³/mol. The molecule has 0 saturated carbocycles. The first kappa shape index (κ1) is 20.6. The Balaban J connectivity index is 1.75. The van der Waals surface area contributed by atoms with Gasteiger partial charge in [-0.25, -0.2) is 8.42 Å². The first-order valence-corrected chi connectivity index (χ1v) is 11.7. The fourth-order valence-corrected chi connectivity index (χ4v) is 5.64. The molecule has 1 unspecified atom stereocenters. The Kier molecular flexibility index (Phi) is 5.42. The van der Waals surface area contributed by atoms with Crippen LogP contribution in [0.3, 0.4) is 0 Å². The molecule has 6 nitrogen and oxygen atoms in total. The standard InChI is InChI=1S/C22H20ClNO5S/c1-14-6-7-20-17(10-14)19(25)11-21(29-20)22(26)24(16-8-9-30(27,28)13-16)12-15-4-2-3-5-18(15)23/h2-7,10-11,16H,8-9,12-13H2,1H3. The van der Waals surface area contributed by atoms with Gasteiger partial charge in [-0.1, -0.05) is 41.4 Å². The van der Waals surface area contributed by atoms with Crippen LogP contribution in [-0.2, 0) is 16.4 Å². The highest BCUT2D eigenvalue weighted by molar-refractivity contribution is 7.91. The molecule has 3 aromatic rings. The van der Waals surface area contributed by atoms with E-state index in [1.165, 1.54) is 11.0 Å². The molecule has 4 rings (SSSR count). The monoisotopic (exact) mass is 445 g/mol. The Morgan fingerprint density at radius 3 is 2.67 bits per heavy atom. The number of nitrogens with zero attached hydrogens (tertiary/aromatic N) is 1. The van der Waals surface area contributed by atoms with Crippen LogP contribution in [0.1, 0.15) is 28.1 Å². The van der Waals surface area contributed by atoms with E-state index in [1.807, 2.05) is 6.92 Å². The Morgan fingerprint density at radius 2 is 1.97 bits per heavy atom. The van der Waals surface area contributed by atoms with E-state index in [2.05, 4.69) is 0 Å². The normalized spacial score (nSPS) is 17.9. The number of carbonyl (C=O) groups excluding carboxylic acids is 1. The molecule has 1 atom stereocenters. The molecule has 1 aromatic heterocycles. The molecular formula is C22H20ClNO5S. The van der Waals surface area contributed by atoms with E-state index < -0.39 is 21.8 Å². The summed E-state index contributed by atoms with van der Waals surface area (Å²) in [5.74, 6) is -0.755. The molecule has 1 amide bonds. The Hall–Kier alpha value is -2.64. The lowest BCUT2D eigenvalue weighted by molar-refractivity contribution is 0.0648. The molecule has 0 radical (unpaired) electrons. The maximum atomic E-state index is 13.4. The lowest BCUT2D eigenvalue weighted by Gasteiger charge is -2.28. The zero-order valence-electron chi connectivity index (χ0n) is 16.3. The summed E-state index contributed by atoms with van der Waals surface area (Å²) in [5.41, 5.74) is 1.59. The van der Waals surface area contributed by atoms with Crippen molar-refractivity contribution in [2.75, 3.05) is 11.5 Å². The molecule has 0 aliphatic carbocycles. The summed E-state index contributed by atoms with van der Waals surface area (Å²) in [7, 11) is -3.23. The van der Waals surface area contributed by atoms with Gasteiger partial charge in [0.25, 0.3) is 5.91 Å². The second-order valence-electron chi connectivity index (χ2n) is 7.56. The van der Waals surface area contributed by atoms with Gasteiger partial charge in [-0.05, 0) is 37.1 Å². The van der Waals surface area contributed by atoms with Crippen LogP contribution in [-0.4, -0.2) is 36.8 Å². The third kappa shape index (κ3) is 4.13. The molecule has 2 heterocycles. The van der Waals surface area contributed by atoms with Crippen molar-refractivity contribution in [1.82, 2.24) is 4.90 Å². The van der Waals surface area contributed by atoms with E-state index in [4.69, 9.17) is 16.0 Å². The minimum absolute atomic E-state index is 0.0188. The van der Waals surface area contributed by atoms with Gasteiger partial charge in [-0.2, -0.15) is 0 Å². The Morgan fingerprint density at radius 1 is 1.20 bits per heavy atom. The van der Waals surface area contributed by atoms with Crippen molar-refractivity contribution in [3.05, 3.63) is 80.7 Å². The quantitative estimate of drug-likeness (QED) is 0.612. The summed E-state index contributed by atoms with van der Waals surface area (Å²) < 4.78 is 29.8. The minimum Gasteiger partial charge on any atom is -0.451 e. The predicted octanol–water partition coefficient (Wildman–Crippen LogP) is 3.58. The minimum atomic E-state index is -3.23. The van der Waals surface area contributed by atoms with Crippen molar-refractivity contribution in [2.45, 2.75) is 25.9 Å². The summed E-state index contributed by atoms with van der Waals surface area (Å²) in [6.45, 7) is 1.98. The van der Waals surface area contributed by atoms with E-state index in [0.29, 0.717) is 28.0 Å². The Bertz CT molecular complexity index is 1300. The number of amides is 1. The molecule has 1 saturated heterocycles. The summed E-state index contributed by atoms with van der Waals surface area (Å²) in [5, 5.41) is 0.874. The number of aryl methyl sites for hydroxylation is 1. The largest absolute Gasteiger partial charge is 0.451 e. The number of halogens is 1. The van der Waals surface area contributed by atoms with Gasteiger partial charge < -0.3 is 9.32 Å². The van der Waals surface area contributed by atoms with Crippen LogP contribution in [0.2, 0.25) is 5.02 Å². The Labute approximate surface area is 179 Å². The van der Waals surface area contributed by atoms with Crippen molar-refractivity contribution in [3.63, 3.8) is 0 Å². The van der Waals surface area contributed by atoms with Crippen molar-refractivity contribution in [2.24, 2.45) is 0 Å². The van der Waals surface area contributed by atoms with Gasteiger partial charge in [0, 0.05) is 23.7 Å². The van der Waals surface area contributed by atoms with Gasteiger partial charge in [0.2, 0.25) is 0 Å². The molecule has 30 heavy (non-hydrogen) atoms. The number of hydrogen-bond donors (Lipinski definition) is 0. The smallest absolute Gasteiger partial charge is 0.290 e. The molecule has 8 heteroatoms. The van der Waals surface area contributed by atoms with Gasteiger partial charge in [-0.3, -0.25) is 9.59 Å². The van der Waals surface area contributed by atoms with Crippen LogP contribution >= 0.6 is 11.6 Å². The van der Waals surface area contributed by atoms with E-state index in [1.54, 1.807) is 42.5 Å². The number of fused-ring (bicyclic) bond motifs is 1. The van der Waals surface area contributed by atoms with Gasteiger partial charge >= 0.3 is 0 Å². The van der Waals surface area contributed by atoms with Crippen LogP contribution in [0.4, 0.5) is 0 Å². The van der Waals surface area contributed by atoms with Crippen molar-refractivity contribution in [1.29, 1.82) is 0 Å². The SMILES string of the molecule is Cc1ccc2oc(C(=O)N(Cc3ccccc3Cl)C3CCS(=O)(=O)C3)cc(=O)c2c1. The van der Waals surface area contributed by atoms with E-state index in [-0.39, 0.29) is 29.2 Å². The van der Waals surface area contributed by atoms with Gasteiger partial charge in [0.1, 0.15) is 5.58 Å². The first-order chi connectivity index (χ1) is 14.2. The topological polar surface area (TPSA) is 84.7 Å². The van der Waals surface area contributed by atoms with E-state index in [0.717, 1.165) is 5.56 Å². The number of carbonyl (C=O) groups is 1. The summed E-state index contributed by atoms with van der Waals surface area (Å²) in [4.78, 5) is 27.4. The zero-order chi connectivity index (χ0) is 21.5. The maximum absolute atomic E-state index is 13.4. The number of benzene rings is 2. The molecule has 0 N–H and O–H groups in total. The van der Waals surface area contributed by atoms with Gasteiger partial charge in [-0.15, -0.1) is 0 Å². The summed E-state index contributed by atoms with van der Waals surface area (Å²) in [6.07, 6.45) is 0.329. The van der Waals surface area contributed by atoms with Gasteiger partial charge in [0.15, 0.2) is 21.0 Å². The number of sulfone groups is 1. The summed E-state index contributed by atoms with van der Waals surface area (Å²) >= 11 is 6.27. The van der Waals surface area contributed by atoms with E-state index in [9.17, 15) is 18.0 Å². The van der Waals surface area contributed by atoms with Crippen LogP contribution in [0.25, 0.3) is 11.0 Å². The lowest BCUT2D eigenvalue weighted by Crippen LogP contribution is -2.41. The number of rotatable bonds is 4. The molecular weight excluding hydrogens is 426 g/mol. The number of hydrogen-bond acceptors (Lipinski definition) is 5. The van der Waals surface area contributed by atoms with Crippen LogP contribution in [0.15, 0.2) is 57.7 Å². The third-order valence-corrected chi connectivity index (χ3v) is 7.42. The highest BCUT2D eigenvalue weighted by Gasteiger charge is 2.36. The molecule has 156 valence electrons. The average Bonchev–Trinajstić information content (AvgIpc) is 3.06. The van der Waals surface area contributed by atoms with Crippen LogP contribution in [0.5, 0.6) is 0 Å². The molecule has 2 aromatic carbocycles. The van der Waals surface area contributed by atoms with Crippen molar-refractivity contribution in [3.8, 4) is 0 Å². The van der Waals surface area contributed by atoms with Crippen molar-refractivity contribution < 1.29 is 17.6 Å². The van der Waals surface area contributed by atoms with Crippen LogP contribution in [0, 0.1) is 6.92 Å². The third-order valence-electron chi connectivity index (χ3n) is 5.30. The molecule has 0 spiro atoms. The maximum Gasteiger partial charge on any atom is 0.290 e. The molecule has 1 aliphatic heterocycles. The second kappa shape index (κ2) is 7.89. The van der Waals surface area contributed by atoms with Crippen molar-refractivity contribution >= 4 is 38.3 Å². The average molecular weight is 446 g/mol. The van der Waals surface area contributed by atoms with Gasteiger partial charge in [0.05, 0.1) is 16.9 Å².